The van der Waals surface area contributed by atoms with Crippen LogP contribution in [0.3, 0.4) is 0 Å². The zero-order valence-corrected chi connectivity index (χ0v) is 9.55. The van der Waals surface area contributed by atoms with Crippen LogP contribution in [0.2, 0.25) is 0 Å². The Hall–Kier alpha value is -0.160. The average molecular weight is 203 g/mol. The van der Waals surface area contributed by atoms with E-state index in [0.717, 1.165) is 39.3 Å². The molecule has 0 amide bonds. The average Bonchev–Trinajstić information content (AvgIpc) is 2.22. The third kappa shape index (κ3) is 8.44. The van der Waals surface area contributed by atoms with E-state index in [9.17, 15) is 0 Å². The normalized spacial score (nSPS) is 11.1. The lowest BCUT2D eigenvalue weighted by molar-refractivity contribution is 0.268. The van der Waals surface area contributed by atoms with Crippen molar-refractivity contribution in [2.24, 2.45) is 0 Å². The maximum absolute atomic E-state index is 8.58. The molecule has 0 saturated carbocycles. The van der Waals surface area contributed by atoms with Crippen molar-refractivity contribution in [3.8, 4) is 0 Å². The molecular weight excluding hydrogens is 178 g/mol. The summed E-state index contributed by atoms with van der Waals surface area (Å²) in [5, 5.41) is 15.1. The number of nitrogens with one attached hydrogen (secondary N) is 2. The molecule has 0 aromatic carbocycles. The van der Waals surface area contributed by atoms with Gasteiger partial charge in [0.1, 0.15) is 0 Å². The van der Waals surface area contributed by atoms with Gasteiger partial charge in [-0.2, -0.15) is 0 Å². The smallest absolute Gasteiger partial charge is 0.0555 e. The first kappa shape index (κ1) is 13.8. The number of aliphatic hydroxyl groups excluding tert-OH is 1. The molecule has 0 bridgehead atoms. The lowest BCUT2D eigenvalue weighted by Crippen LogP contribution is -2.37. The van der Waals surface area contributed by atoms with Crippen LogP contribution in [0.15, 0.2) is 0 Å². The zero-order chi connectivity index (χ0) is 10.6. The predicted molar refractivity (Wildman–Crippen MR) is 60.6 cm³/mol. The Labute approximate surface area is 87.7 Å². The molecule has 0 aromatic rings. The van der Waals surface area contributed by atoms with Gasteiger partial charge in [-0.1, -0.05) is 13.8 Å². The molecule has 0 aromatic heterocycles. The fraction of sp³-hybridized carbons (Fsp3) is 1.00. The van der Waals surface area contributed by atoms with Crippen molar-refractivity contribution < 1.29 is 5.11 Å². The van der Waals surface area contributed by atoms with Gasteiger partial charge in [0, 0.05) is 32.7 Å². The van der Waals surface area contributed by atoms with Crippen molar-refractivity contribution in [3.05, 3.63) is 0 Å². The number of nitrogens with zero attached hydrogens (tertiary/aromatic N) is 1. The third-order valence-electron chi connectivity index (χ3n) is 2.20. The summed E-state index contributed by atoms with van der Waals surface area (Å²) in [5.41, 5.74) is 0. The van der Waals surface area contributed by atoms with Crippen LogP contribution >= 0.6 is 0 Å². The van der Waals surface area contributed by atoms with Crippen molar-refractivity contribution in [1.29, 1.82) is 0 Å². The molecule has 0 radical (unpaired) electrons. The van der Waals surface area contributed by atoms with Crippen molar-refractivity contribution >= 4 is 0 Å². The summed E-state index contributed by atoms with van der Waals surface area (Å²) < 4.78 is 0. The summed E-state index contributed by atoms with van der Waals surface area (Å²) in [6.07, 6.45) is 0. The molecule has 86 valence electrons. The van der Waals surface area contributed by atoms with Gasteiger partial charge < -0.3 is 20.6 Å². The van der Waals surface area contributed by atoms with Gasteiger partial charge in [-0.25, -0.2) is 0 Å². The standard InChI is InChI=1S/C10H25N3O/c1-3-11-5-8-13(4-2)9-6-12-7-10-14/h11-12,14H,3-10H2,1-2H3. The Morgan fingerprint density at radius 2 is 1.64 bits per heavy atom. The highest BCUT2D eigenvalue weighted by Gasteiger charge is 1.99. The van der Waals surface area contributed by atoms with Crippen molar-refractivity contribution in [2.75, 3.05) is 52.4 Å². The minimum absolute atomic E-state index is 0.226. The molecular formula is C10H25N3O. The first-order valence-corrected chi connectivity index (χ1v) is 5.59. The quantitative estimate of drug-likeness (QED) is 0.419. The number of rotatable bonds is 10. The van der Waals surface area contributed by atoms with E-state index in [1.165, 1.54) is 0 Å². The number of likely N-dealkylation sites (N-methyl/N-ethyl adjacent to an activating group) is 2. The Balaban J connectivity index is 3.28. The Bertz CT molecular complexity index is 112. The molecule has 0 rings (SSSR count). The summed E-state index contributed by atoms with van der Waals surface area (Å²) in [6, 6.07) is 0. The van der Waals surface area contributed by atoms with E-state index < -0.39 is 0 Å². The van der Waals surface area contributed by atoms with Crippen LogP contribution in [0.4, 0.5) is 0 Å². The molecule has 0 heterocycles. The summed E-state index contributed by atoms with van der Waals surface area (Å²) in [4.78, 5) is 2.40. The first-order valence-electron chi connectivity index (χ1n) is 5.59. The Morgan fingerprint density at radius 1 is 1.00 bits per heavy atom. The van der Waals surface area contributed by atoms with E-state index in [1.807, 2.05) is 0 Å². The molecule has 4 heteroatoms. The molecule has 4 nitrogen and oxygen atoms in total. The van der Waals surface area contributed by atoms with Crippen molar-refractivity contribution in [3.63, 3.8) is 0 Å². The van der Waals surface area contributed by atoms with Gasteiger partial charge in [0.25, 0.3) is 0 Å². The highest BCUT2D eigenvalue weighted by atomic mass is 16.3. The topological polar surface area (TPSA) is 47.5 Å². The van der Waals surface area contributed by atoms with Crippen LogP contribution in [0.25, 0.3) is 0 Å². The van der Waals surface area contributed by atoms with Crippen molar-refractivity contribution in [2.45, 2.75) is 13.8 Å². The van der Waals surface area contributed by atoms with E-state index in [-0.39, 0.29) is 6.61 Å². The number of hydrogen-bond donors (Lipinski definition) is 3. The SMILES string of the molecule is CCNCCN(CC)CCNCCO. The molecule has 0 unspecified atom stereocenters. The first-order chi connectivity index (χ1) is 6.85. The highest BCUT2D eigenvalue weighted by molar-refractivity contribution is 4.59. The van der Waals surface area contributed by atoms with Crippen LogP contribution in [0.1, 0.15) is 13.8 Å². The van der Waals surface area contributed by atoms with E-state index in [1.54, 1.807) is 0 Å². The molecule has 3 N–H and O–H groups in total. The van der Waals surface area contributed by atoms with Gasteiger partial charge in [0.2, 0.25) is 0 Å². The number of aliphatic hydroxyl groups is 1. The fourth-order valence-electron chi connectivity index (χ4n) is 1.28. The summed E-state index contributed by atoms with van der Waals surface area (Å²) in [5.74, 6) is 0. The zero-order valence-electron chi connectivity index (χ0n) is 9.55. The van der Waals surface area contributed by atoms with Crippen molar-refractivity contribution in [1.82, 2.24) is 15.5 Å². The lowest BCUT2D eigenvalue weighted by atomic mass is 10.4. The van der Waals surface area contributed by atoms with Crippen LogP contribution in [-0.2, 0) is 0 Å². The largest absolute Gasteiger partial charge is 0.395 e. The maximum Gasteiger partial charge on any atom is 0.0555 e. The molecule has 0 saturated heterocycles. The predicted octanol–water partition coefficient (Wildman–Crippen LogP) is -0.500. The monoisotopic (exact) mass is 203 g/mol. The molecule has 0 aliphatic carbocycles. The van der Waals surface area contributed by atoms with Crippen LogP contribution in [0, 0.1) is 0 Å². The number of hydrogen-bond acceptors (Lipinski definition) is 4. The van der Waals surface area contributed by atoms with Crippen LogP contribution in [-0.4, -0.2) is 62.4 Å². The minimum atomic E-state index is 0.226. The highest BCUT2D eigenvalue weighted by Crippen LogP contribution is 1.84. The van der Waals surface area contributed by atoms with E-state index >= 15 is 0 Å². The van der Waals surface area contributed by atoms with Crippen LogP contribution < -0.4 is 10.6 Å². The minimum Gasteiger partial charge on any atom is -0.395 e. The van der Waals surface area contributed by atoms with Gasteiger partial charge in [-0.15, -0.1) is 0 Å². The Kier molecular flexibility index (Phi) is 10.8. The molecule has 14 heavy (non-hydrogen) atoms. The van der Waals surface area contributed by atoms with Gasteiger partial charge >= 0.3 is 0 Å². The molecule has 0 fully saturated rings. The second kappa shape index (κ2) is 10.9. The van der Waals surface area contributed by atoms with E-state index in [0.29, 0.717) is 6.54 Å². The maximum atomic E-state index is 8.58. The van der Waals surface area contributed by atoms with Gasteiger partial charge in [-0.3, -0.25) is 0 Å². The fourth-order valence-corrected chi connectivity index (χ4v) is 1.28. The second-order valence-corrected chi connectivity index (χ2v) is 3.26. The molecule has 0 aliphatic rings. The molecule has 0 aliphatic heterocycles. The summed E-state index contributed by atoms with van der Waals surface area (Å²) in [7, 11) is 0. The van der Waals surface area contributed by atoms with E-state index in [4.69, 9.17) is 5.11 Å². The summed E-state index contributed by atoms with van der Waals surface area (Å²) >= 11 is 0. The molecule has 0 spiro atoms. The second-order valence-electron chi connectivity index (χ2n) is 3.26. The summed E-state index contributed by atoms with van der Waals surface area (Å²) in [6.45, 7) is 11.5. The third-order valence-corrected chi connectivity index (χ3v) is 2.20. The van der Waals surface area contributed by atoms with Gasteiger partial charge in [-0.05, 0) is 13.1 Å². The van der Waals surface area contributed by atoms with Gasteiger partial charge in [0.05, 0.1) is 6.61 Å². The molecule has 0 atom stereocenters. The Morgan fingerprint density at radius 3 is 2.14 bits per heavy atom. The lowest BCUT2D eigenvalue weighted by Gasteiger charge is -2.20. The van der Waals surface area contributed by atoms with E-state index in [2.05, 4.69) is 29.4 Å². The van der Waals surface area contributed by atoms with Crippen LogP contribution in [0.5, 0.6) is 0 Å². The van der Waals surface area contributed by atoms with Gasteiger partial charge in [0.15, 0.2) is 0 Å².